The van der Waals surface area contributed by atoms with Crippen molar-refractivity contribution in [2.45, 2.75) is 0 Å². The van der Waals surface area contributed by atoms with Gasteiger partial charge in [0.2, 0.25) is 0 Å². The Labute approximate surface area is 191 Å². The molecule has 0 aliphatic carbocycles. The molecule has 0 unspecified atom stereocenters. The van der Waals surface area contributed by atoms with Gasteiger partial charge in [-0.3, -0.25) is 4.79 Å². The van der Waals surface area contributed by atoms with E-state index in [2.05, 4.69) is 10.3 Å². The Morgan fingerprint density at radius 3 is 2.30 bits per heavy atom. The molecule has 9 nitrogen and oxygen atoms in total. The van der Waals surface area contributed by atoms with Crippen molar-refractivity contribution in [3.8, 4) is 17.1 Å². The first kappa shape index (κ1) is 21.9. The van der Waals surface area contributed by atoms with Crippen LogP contribution in [0.4, 0.5) is 5.69 Å². The molecule has 0 bridgehead atoms. The highest BCUT2D eigenvalue weighted by molar-refractivity contribution is 8.18. The molecule has 166 valence electrons. The minimum Gasteiger partial charge on any atom is -0.497 e. The molecule has 1 amide bonds. The van der Waals surface area contributed by atoms with Gasteiger partial charge in [0.1, 0.15) is 17.3 Å². The van der Waals surface area contributed by atoms with Crippen molar-refractivity contribution in [1.82, 2.24) is 5.32 Å². The number of carbonyl (C=O) groups excluding carboxylic acids is 1. The normalized spacial score (nSPS) is 15.6. The molecule has 1 aliphatic rings. The van der Waals surface area contributed by atoms with E-state index < -0.39 is 11.9 Å². The highest BCUT2D eigenvalue weighted by Gasteiger charge is 2.24. The predicted molar refractivity (Wildman–Crippen MR) is 122 cm³/mol. The van der Waals surface area contributed by atoms with Gasteiger partial charge in [0, 0.05) is 11.6 Å². The van der Waals surface area contributed by atoms with Gasteiger partial charge in [-0.15, -0.1) is 0 Å². The molecule has 1 aromatic heterocycles. The number of benzene rings is 2. The number of rotatable bonds is 6. The summed E-state index contributed by atoms with van der Waals surface area (Å²) in [5, 5.41) is 21.6. The summed E-state index contributed by atoms with van der Waals surface area (Å²) in [6, 6.07) is 13.9. The quantitative estimate of drug-likeness (QED) is 0.461. The van der Waals surface area contributed by atoms with Crippen LogP contribution in [-0.4, -0.2) is 40.3 Å². The van der Waals surface area contributed by atoms with E-state index in [1.807, 2.05) is 0 Å². The van der Waals surface area contributed by atoms with E-state index in [9.17, 15) is 24.6 Å². The molecular weight excluding hydrogens is 448 g/mol. The Kier molecular flexibility index (Phi) is 6.01. The fourth-order valence-corrected chi connectivity index (χ4v) is 3.81. The SMILES string of the molecule is COc1ccc(N=C2NC(=O)C(=Cc3ccc(-c4cc(C(=O)O)cc(C(=O)O)c4)o3)S2)cc1. The molecule has 3 N–H and O–H groups in total. The van der Waals surface area contributed by atoms with Crippen molar-refractivity contribution in [2.75, 3.05) is 7.11 Å². The number of nitrogens with one attached hydrogen (secondary N) is 1. The predicted octanol–water partition coefficient (Wildman–Crippen LogP) is 4.24. The van der Waals surface area contributed by atoms with Gasteiger partial charge in [-0.2, -0.15) is 0 Å². The van der Waals surface area contributed by atoms with E-state index >= 15 is 0 Å². The van der Waals surface area contributed by atoms with Gasteiger partial charge >= 0.3 is 11.9 Å². The average Bonchev–Trinajstić information content (AvgIpc) is 3.40. The molecule has 3 aromatic rings. The summed E-state index contributed by atoms with van der Waals surface area (Å²) >= 11 is 1.14. The number of carboxylic acid groups (broad SMARTS) is 2. The van der Waals surface area contributed by atoms with Crippen LogP contribution < -0.4 is 10.1 Å². The molecule has 0 spiro atoms. The van der Waals surface area contributed by atoms with E-state index in [-0.39, 0.29) is 22.8 Å². The van der Waals surface area contributed by atoms with E-state index in [1.165, 1.54) is 18.2 Å². The van der Waals surface area contributed by atoms with Crippen molar-refractivity contribution >= 4 is 46.5 Å². The highest BCUT2D eigenvalue weighted by atomic mass is 32.2. The fraction of sp³-hybridized carbons (Fsp3) is 0.0435. The van der Waals surface area contributed by atoms with Gasteiger partial charge in [-0.25, -0.2) is 14.6 Å². The van der Waals surface area contributed by atoms with Crippen molar-refractivity contribution < 1.29 is 33.8 Å². The molecule has 1 saturated heterocycles. The number of ether oxygens (including phenoxy) is 1. The summed E-state index contributed by atoms with van der Waals surface area (Å²) in [6.45, 7) is 0. The number of carboxylic acids is 2. The Morgan fingerprint density at radius 2 is 1.70 bits per heavy atom. The van der Waals surface area contributed by atoms with E-state index in [0.717, 1.165) is 17.8 Å². The number of aromatic carboxylic acids is 2. The van der Waals surface area contributed by atoms with Gasteiger partial charge in [0.25, 0.3) is 5.91 Å². The number of methoxy groups -OCH3 is 1. The minimum absolute atomic E-state index is 0.175. The number of nitrogens with zero attached hydrogens (tertiary/aromatic N) is 1. The second kappa shape index (κ2) is 9.05. The number of amides is 1. The maximum Gasteiger partial charge on any atom is 0.335 e. The molecule has 0 saturated carbocycles. The lowest BCUT2D eigenvalue weighted by Crippen LogP contribution is -2.19. The van der Waals surface area contributed by atoms with Gasteiger partial charge in [-0.05, 0) is 66.4 Å². The molecule has 33 heavy (non-hydrogen) atoms. The summed E-state index contributed by atoms with van der Waals surface area (Å²) < 4.78 is 10.8. The molecule has 1 fully saturated rings. The van der Waals surface area contributed by atoms with Crippen LogP contribution in [0.2, 0.25) is 0 Å². The lowest BCUT2D eigenvalue weighted by atomic mass is 10.0. The van der Waals surface area contributed by atoms with Crippen LogP contribution in [0.25, 0.3) is 17.4 Å². The van der Waals surface area contributed by atoms with Crippen molar-refractivity contribution in [3.05, 3.63) is 76.4 Å². The summed E-state index contributed by atoms with van der Waals surface area (Å²) in [5.41, 5.74) is 0.590. The van der Waals surface area contributed by atoms with Crippen LogP contribution in [0.1, 0.15) is 26.5 Å². The summed E-state index contributed by atoms with van der Waals surface area (Å²) in [4.78, 5) is 39.7. The number of thioether (sulfide) groups is 1. The van der Waals surface area contributed by atoms with Crippen LogP contribution in [0, 0.1) is 0 Å². The van der Waals surface area contributed by atoms with Crippen molar-refractivity contribution in [2.24, 2.45) is 4.99 Å². The Hall–Kier alpha value is -4.31. The Balaban J connectivity index is 1.57. The molecule has 0 atom stereocenters. The zero-order valence-electron chi connectivity index (χ0n) is 17.1. The second-order valence-electron chi connectivity index (χ2n) is 6.79. The highest BCUT2D eigenvalue weighted by Crippen LogP contribution is 2.31. The van der Waals surface area contributed by atoms with E-state index in [0.29, 0.717) is 32.8 Å². The average molecular weight is 464 g/mol. The number of amidine groups is 1. The standard InChI is InChI=1S/C23H16N2O7S/c1-31-16-4-2-15(3-5-16)24-23-25-20(26)19(33-23)11-17-6-7-18(32-17)12-8-13(21(27)28)10-14(9-12)22(29)30/h2-11H,1H3,(H,27,28)(H,29,30)(H,24,25,26). The first-order valence-corrected chi connectivity index (χ1v) is 10.3. The Bertz CT molecular complexity index is 1290. The topological polar surface area (TPSA) is 138 Å². The van der Waals surface area contributed by atoms with Crippen LogP contribution in [-0.2, 0) is 4.79 Å². The fourth-order valence-electron chi connectivity index (χ4n) is 2.99. The first-order chi connectivity index (χ1) is 15.8. The smallest absolute Gasteiger partial charge is 0.335 e. The first-order valence-electron chi connectivity index (χ1n) is 9.48. The van der Waals surface area contributed by atoms with Crippen molar-refractivity contribution in [3.63, 3.8) is 0 Å². The largest absolute Gasteiger partial charge is 0.497 e. The third kappa shape index (κ3) is 4.96. The van der Waals surface area contributed by atoms with Gasteiger partial charge in [0.05, 0.1) is 28.8 Å². The number of furan rings is 1. The minimum atomic E-state index is -1.25. The van der Waals surface area contributed by atoms with Crippen molar-refractivity contribution in [1.29, 1.82) is 0 Å². The van der Waals surface area contributed by atoms with Crippen LogP contribution in [0.15, 0.2) is 68.9 Å². The molecule has 10 heteroatoms. The van der Waals surface area contributed by atoms with Gasteiger partial charge in [-0.1, -0.05) is 0 Å². The summed E-state index contributed by atoms with van der Waals surface area (Å²) in [6.07, 6.45) is 1.53. The number of hydrogen-bond acceptors (Lipinski definition) is 7. The lowest BCUT2D eigenvalue weighted by Gasteiger charge is -2.03. The van der Waals surface area contributed by atoms with Crippen LogP contribution in [0.3, 0.4) is 0 Å². The molecule has 0 radical (unpaired) electrons. The van der Waals surface area contributed by atoms with Crippen LogP contribution in [0.5, 0.6) is 5.75 Å². The maximum absolute atomic E-state index is 12.3. The van der Waals surface area contributed by atoms with Crippen LogP contribution >= 0.6 is 11.8 Å². The van der Waals surface area contributed by atoms with E-state index in [4.69, 9.17) is 9.15 Å². The molecule has 1 aliphatic heterocycles. The van der Waals surface area contributed by atoms with Gasteiger partial charge in [0.15, 0.2) is 5.17 Å². The third-order valence-corrected chi connectivity index (χ3v) is 5.48. The molecular formula is C23H16N2O7S. The zero-order chi connectivity index (χ0) is 23.5. The third-order valence-electron chi connectivity index (χ3n) is 4.57. The summed E-state index contributed by atoms with van der Waals surface area (Å²) in [5.74, 6) is -1.55. The monoisotopic (exact) mass is 464 g/mol. The Morgan fingerprint density at radius 1 is 1.03 bits per heavy atom. The number of aliphatic imine (C=N–C) groups is 1. The number of hydrogen-bond donors (Lipinski definition) is 3. The van der Waals surface area contributed by atoms with E-state index in [1.54, 1.807) is 43.5 Å². The van der Waals surface area contributed by atoms with Gasteiger partial charge < -0.3 is 24.7 Å². The molecule has 2 heterocycles. The second-order valence-corrected chi connectivity index (χ2v) is 7.82. The zero-order valence-corrected chi connectivity index (χ0v) is 17.9. The summed E-state index contributed by atoms with van der Waals surface area (Å²) in [7, 11) is 1.57. The molecule has 4 rings (SSSR count). The maximum atomic E-state index is 12.3. The molecule has 2 aromatic carbocycles. The number of carbonyl (C=O) groups is 3. The lowest BCUT2D eigenvalue weighted by molar-refractivity contribution is -0.115.